The highest BCUT2D eigenvalue weighted by Gasteiger charge is 2.15. The first-order chi connectivity index (χ1) is 14.0. The van der Waals surface area contributed by atoms with Crippen molar-refractivity contribution < 1.29 is 9.21 Å². The summed E-state index contributed by atoms with van der Waals surface area (Å²) in [5.74, 6) is 0.656. The Kier molecular flexibility index (Phi) is 5.55. The summed E-state index contributed by atoms with van der Waals surface area (Å²) in [6.45, 7) is 4.25. The summed E-state index contributed by atoms with van der Waals surface area (Å²) < 4.78 is 7.56. The van der Waals surface area contributed by atoms with Crippen LogP contribution in [0.1, 0.15) is 16.9 Å². The van der Waals surface area contributed by atoms with Gasteiger partial charge in [-0.3, -0.25) is 14.2 Å². The molecule has 0 fully saturated rings. The van der Waals surface area contributed by atoms with Crippen LogP contribution in [-0.4, -0.2) is 21.2 Å². The summed E-state index contributed by atoms with van der Waals surface area (Å²) in [5.41, 5.74) is 3.46. The normalized spacial score (nSPS) is 11.1. The van der Waals surface area contributed by atoms with Crippen LogP contribution >= 0.6 is 23.1 Å². The van der Waals surface area contributed by atoms with Gasteiger partial charge >= 0.3 is 0 Å². The molecular formula is C21H19N3O3S2. The highest BCUT2D eigenvalue weighted by atomic mass is 32.2. The van der Waals surface area contributed by atoms with E-state index in [2.05, 4.69) is 16.4 Å². The van der Waals surface area contributed by atoms with Crippen molar-refractivity contribution in [2.45, 2.75) is 25.5 Å². The number of hydrogen-bond donors (Lipinski definition) is 1. The second-order valence-electron chi connectivity index (χ2n) is 6.71. The van der Waals surface area contributed by atoms with E-state index in [4.69, 9.17) is 4.42 Å². The number of amides is 1. The van der Waals surface area contributed by atoms with E-state index in [0.717, 1.165) is 16.8 Å². The fourth-order valence-electron chi connectivity index (χ4n) is 3.11. The van der Waals surface area contributed by atoms with E-state index in [1.54, 1.807) is 16.9 Å². The summed E-state index contributed by atoms with van der Waals surface area (Å²) in [4.78, 5) is 30.0. The number of hydrogen-bond acceptors (Lipinski definition) is 6. The minimum Gasteiger partial charge on any atom is -0.467 e. The number of furan rings is 1. The van der Waals surface area contributed by atoms with Gasteiger partial charge in [0.05, 0.1) is 24.1 Å². The smallest absolute Gasteiger partial charge is 0.272 e. The van der Waals surface area contributed by atoms with E-state index in [1.807, 2.05) is 43.5 Å². The lowest BCUT2D eigenvalue weighted by Gasteiger charge is -2.11. The number of fused-ring (bicyclic) bond motifs is 1. The SMILES string of the molecule is Cc1cc(C)cc(NC(=O)CSc2nc3ccsc3c(=O)n2Cc2ccco2)c1. The van der Waals surface area contributed by atoms with E-state index in [1.165, 1.54) is 23.1 Å². The molecule has 0 aliphatic carbocycles. The third kappa shape index (κ3) is 4.44. The maximum atomic E-state index is 12.9. The summed E-state index contributed by atoms with van der Waals surface area (Å²) in [5, 5.41) is 5.25. The van der Waals surface area contributed by atoms with Gasteiger partial charge in [0.1, 0.15) is 10.5 Å². The molecule has 6 nitrogen and oxygen atoms in total. The number of carbonyl (C=O) groups is 1. The van der Waals surface area contributed by atoms with Gasteiger partial charge in [0.15, 0.2) is 5.16 Å². The van der Waals surface area contributed by atoms with E-state index in [-0.39, 0.29) is 23.8 Å². The molecular weight excluding hydrogens is 406 g/mol. The number of carbonyl (C=O) groups excluding carboxylic acids is 1. The average Bonchev–Trinajstić information content (AvgIpc) is 3.33. The molecule has 4 aromatic rings. The molecule has 8 heteroatoms. The summed E-state index contributed by atoms with van der Waals surface area (Å²) in [6, 6.07) is 11.3. The van der Waals surface area contributed by atoms with E-state index in [0.29, 0.717) is 21.1 Å². The first kappa shape index (κ1) is 19.5. The molecule has 0 aliphatic heterocycles. The fourth-order valence-corrected chi connectivity index (χ4v) is 4.68. The summed E-state index contributed by atoms with van der Waals surface area (Å²) in [7, 11) is 0. The maximum Gasteiger partial charge on any atom is 0.272 e. The lowest BCUT2D eigenvalue weighted by atomic mass is 10.1. The van der Waals surface area contributed by atoms with Crippen LogP contribution < -0.4 is 10.9 Å². The topological polar surface area (TPSA) is 77.1 Å². The quantitative estimate of drug-likeness (QED) is 0.365. The first-order valence-corrected chi connectivity index (χ1v) is 10.9. The van der Waals surface area contributed by atoms with Crippen molar-refractivity contribution in [3.05, 3.63) is 75.3 Å². The molecule has 148 valence electrons. The Bertz CT molecular complexity index is 1210. The van der Waals surface area contributed by atoms with Gasteiger partial charge < -0.3 is 9.73 Å². The molecule has 0 saturated carbocycles. The number of rotatable bonds is 6. The standard InChI is InChI=1S/C21H19N3O3S2/c1-13-8-14(2)10-15(9-13)22-18(25)12-29-21-23-17-5-7-28-19(17)20(26)24(21)11-16-4-3-6-27-16/h3-10H,11-12H2,1-2H3,(H,22,25). The highest BCUT2D eigenvalue weighted by molar-refractivity contribution is 7.99. The Labute approximate surface area is 175 Å². The van der Waals surface area contributed by atoms with Crippen molar-refractivity contribution in [1.29, 1.82) is 0 Å². The largest absolute Gasteiger partial charge is 0.467 e. The molecule has 29 heavy (non-hydrogen) atoms. The molecule has 0 atom stereocenters. The zero-order valence-corrected chi connectivity index (χ0v) is 17.6. The lowest BCUT2D eigenvalue weighted by molar-refractivity contribution is -0.113. The number of nitrogens with one attached hydrogen (secondary N) is 1. The second kappa shape index (κ2) is 8.26. The van der Waals surface area contributed by atoms with Gasteiger partial charge in [-0.25, -0.2) is 4.98 Å². The van der Waals surface area contributed by atoms with Crippen molar-refractivity contribution in [3.8, 4) is 0 Å². The Morgan fingerprint density at radius 2 is 2.03 bits per heavy atom. The molecule has 0 unspecified atom stereocenters. The molecule has 4 rings (SSSR count). The van der Waals surface area contributed by atoms with Crippen LogP contribution in [0.3, 0.4) is 0 Å². The minimum absolute atomic E-state index is 0.126. The molecule has 1 aromatic carbocycles. The third-order valence-corrected chi connectivity index (χ3v) is 6.13. The van der Waals surface area contributed by atoms with Crippen LogP contribution in [0.25, 0.3) is 10.2 Å². The van der Waals surface area contributed by atoms with Crippen LogP contribution in [0.5, 0.6) is 0 Å². The summed E-state index contributed by atoms with van der Waals surface area (Å²) >= 11 is 2.60. The maximum absolute atomic E-state index is 12.9. The molecule has 0 radical (unpaired) electrons. The fraction of sp³-hybridized carbons (Fsp3) is 0.190. The van der Waals surface area contributed by atoms with Gasteiger partial charge in [-0.1, -0.05) is 17.8 Å². The predicted molar refractivity (Wildman–Crippen MR) is 117 cm³/mol. The zero-order valence-electron chi connectivity index (χ0n) is 16.0. The average molecular weight is 426 g/mol. The van der Waals surface area contributed by atoms with Gasteiger partial charge in [0, 0.05) is 5.69 Å². The zero-order chi connectivity index (χ0) is 20.4. The number of benzene rings is 1. The van der Waals surface area contributed by atoms with Crippen LogP contribution in [0.4, 0.5) is 5.69 Å². The monoisotopic (exact) mass is 425 g/mol. The summed E-state index contributed by atoms with van der Waals surface area (Å²) in [6.07, 6.45) is 1.57. The van der Waals surface area contributed by atoms with E-state index in [9.17, 15) is 9.59 Å². The molecule has 1 amide bonds. The van der Waals surface area contributed by atoms with E-state index < -0.39 is 0 Å². The number of nitrogens with zero attached hydrogens (tertiary/aromatic N) is 2. The number of thiophene rings is 1. The van der Waals surface area contributed by atoms with Crippen LogP contribution in [0.15, 0.2) is 62.4 Å². The van der Waals surface area contributed by atoms with Gasteiger partial charge in [0.25, 0.3) is 5.56 Å². The molecule has 1 N–H and O–H groups in total. The van der Waals surface area contributed by atoms with Crippen LogP contribution in [0.2, 0.25) is 0 Å². The Morgan fingerprint density at radius 1 is 1.24 bits per heavy atom. The van der Waals surface area contributed by atoms with Gasteiger partial charge in [-0.05, 0) is 60.7 Å². The Morgan fingerprint density at radius 3 is 2.76 bits per heavy atom. The molecule has 3 aromatic heterocycles. The predicted octanol–water partition coefficient (Wildman–Crippen LogP) is 4.45. The number of anilines is 1. The van der Waals surface area contributed by atoms with Gasteiger partial charge in [0.2, 0.25) is 5.91 Å². The van der Waals surface area contributed by atoms with Crippen molar-refractivity contribution in [2.75, 3.05) is 11.1 Å². The van der Waals surface area contributed by atoms with Gasteiger partial charge in [-0.2, -0.15) is 0 Å². The second-order valence-corrected chi connectivity index (χ2v) is 8.57. The molecule has 0 saturated heterocycles. The van der Waals surface area contributed by atoms with Crippen LogP contribution in [-0.2, 0) is 11.3 Å². The molecule has 3 heterocycles. The first-order valence-electron chi connectivity index (χ1n) is 9.01. The van der Waals surface area contributed by atoms with E-state index >= 15 is 0 Å². The molecule has 0 spiro atoms. The van der Waals surface area contributed by atoms with Crippen molar-refractivity contribution >= 4 is 44.9 Å². The molecule has 0 bridgehead atoms. The number of aromatic nitrogens is 2. The van der Waals surface area contributed by atoms with Crippen molar-refractivity contribution in [1.82, 2.24) is 9.55 Å². The molecule has 0 aliphatic rings. The number of aryl methyl sites for hydroxylation is 2. The third-order valence-electron chi connectivity index (χ3n) is 4.26. The van der Waals surface area contributed by atoms with Gasteiger partial charge in [-0.15, -0.1) is 11.3 Å². The Hall–Kier alpha value is -2.84. The van der Waals surface area contributed by atoms with Crippen molar-refractivity contribution in [3.63, 3.8) is 0 Å². The number of thioether (sulfide) groups is 1. The Balaban J connectivity index is 1.56. The highest BCUT2D eigenvalue weighted by Crippen LogP contribution is 2.22. The van der Waals surface area contributed by atoms with Crippen molar-refractivity contribution in [2.24, 2.45) is 0 Å². The minimum atomic E-state index is -0.149. The lowest BCUT2D eigenvalue weighted by Crippen LogP contribution is -2.24. The van der Waals surface area contributed by atoms with Crippen LogP contribution in [0, 0.1) is 13.8 Å².